The van der Waals surface area contributed by atoms with Crippen LogP contribution in [-0.4, -0.2) is 74.7 Å². The molecule has 2 aliphatic heterocycles. The maximum absolute atomic E-state index is 13.8. The summed E-state index contributed by atoms with van der Waals surface area (Å²) < 4.78 is 25.1. The van der Waals surface area contributed by atoms with Crippen molar-refractivity contribution < 1.29 is 23.5 Å². The molecule has 1 aromatic heterocycles. The summed E-state index contributed by atoms with van der Waals surface area (Å²) in [6, 6.07) is 11.5. The Balaban J connectivity index is 1.35. The van der Waals surface area contributed by atoms with E-state index in [0.717, 1.165) is 55.2 Å². The summed E-state index contributed by atoms with van der Waals surface area (Å²) >= 11 is 1.45. The topological polar surface area (TPSA) is 75.2 Å². The molecular formula is C26H29FN4O4S. The summed E-state index contributed by atoms with van der Waals surface area (Å²) in [5.41, 5.74) is 1.40. The van der Waals surface area contributed by atoms with Crippen LogP contribution in [0.1, 0.15) is 12.8 Å². The standard InChI is InChI=1S/C26H29FN4O4S/c1-34-21-7-8-22-23(16-21)36-26(28-22)30(10-2-9-29-11-13-35-14-12-29)25(33)18-15-24(32)31(17-18)20-5-3-19(27)4-6-20/h3-8,16,18H,2,9-15,17H2,1H3. The number of aromatic nitrogens is 1. The minimum absolute atomic E-state index is 0.110. The average Bonchev–Trinajstić information content (AvgIpc) is 3.50. The summed E-state index contributed by atoms with van der Waals surface area (Å²) in [5, 5.41) is 0.623. The molecule has 2 aliphatic rings. The van der Waals surface area contributed by atoms with Crippen LogP contribution in [0, 0.1) is 11.7 Å². The number of hydrogen-bond acceptors (Lipinski definition) is 7. The SMILES string of the molecule is COc1ccc2nc(N(CCCN3CCOCC3)C(=O)C3CC(=O)N(c4ccc(F)cc4)C3)sc2c1. The lowest BCUT2D eigenvalue weighted by atomic mass is 10.1. The van der Waals surface area contributed by atoms with Crippen LogP contribution >= 0.6 is 11.3 Å². The van der Waals surface area contributed by atoms with E-state index in [2.05, 4.69) is 4.90 Å². The van der Waals surface area contributed by atoms with E-state index in [9.17, 15) is 14.0 Å². The molecule has 3 aromatic rings. The van der Waals surface area contributed by atoms with Gasteiger partial charge in [-0.1, -0.05) is 11.3 Å². The second kappa shape index (κ2) is 10.9. The Bertz CT molecular complexity index is 1230. The predicted molar refractivity (Wildman–Crippen MR) is 137 cm³/mol. The normalized spacial score (nSPS) is 18.7. The Labute approximate surface area is 213 Å². The predicted octanol–water partition coefficient (Wildman–Crippen LogP) is 3.55. The molecule has 0 spiro atoms. The molecule has 8 nitrogen and oxygen atoms in total. The van der Waals surface area contributed by atoms with Gasteiger partial charge in [0.25, 0.3) is 0 Å². The van der Waals surface area contributed by atoms with Gasteiger partial charge >= 0.3 is 0 Å². The third kappa shape index (κ3) is 5.35. The van der Waals surface area contributed by atoms with Gasteiger partial charge in [-0.3, -0.25) is 19.4 Å². The molecule has 1 atom stereocenters. The van der Waals surface area contributed by atoms with Gasteiger partial charge in [0.2, 0.25) is 11.8 Å². The zero-order valence-corrected chi connectivity index (χ0v) is 21.0. The Hall–Kier alpha value is -3.08. The maximum atomic E-state index is 13.8. The van der Waals surface area contributed by atoms with Crippen molar-refractivity contribution in [3.05, 3.63) is 48.3 Å². The highest BCUT2D eigenvalue weighted by molar-refractivity contribution is 7.22. The number of carbonyl (C=O) groups excluding carboxylic acids is 2. The fraction of sp³-hybridized carbons (Fsp3) is 0.423. The van der Waals surface area contributed by atoms with Crippen molar-refractivity contribution in [3.8, 4) is 5.75 Å². The van der Waals surface area contributed by atoms with Crippen LogP contribution in [0.25, 0.3) is 10.2 Å². The molecule has 190 valence electrons. The van der Waals surface area contributed by atoms with E-state index in [4.69, 9.17) is 14.5 Å². The van der Waals surface area contributed by atoms with Crippen LogP contribution in [0.4, 0.5) is 15.2 Å². The van der Waals surface area contributed by atoms with Crippen molar-refractivity contribution in [1.29, 1.82) is 0 Å². The summed E-state index contributed by atoms with van der Waals surface area (Å²) in [4.78, 5) is 37.0. The summed E-state index contributed by atoms with van der Waals surface area (Å²) in [6.07, 6.45) is 0.905. The Morgan fingerprint density at radius 1 is 1.22 bits per heavy atom. The van der Waals surface area contributed by atoms with E-state index in [1.54, 1.807) is 29.0 Å². The largest absolute Gasteiger partial charge is 0.497 e. The number of benzene rings is 2. The van der Waals surface area contributed by atoms with Gasteiger partial charge in [0, 0.05) is 44.8 Å². The third-order valence-corrected chi connectivity index (χ3v) is 7.69. The fourth-order valence-electron chi connectivity index (χ4n) is 4.68. The summed E-state index contributed by atoms with van der Waals surface area (Å²) in [5.74, 6) is -0.369. The smallest absolute Gasteiger partial charge is 0.234 e. The van der Waals surface area contributed by atoms with Crippen LogP contribution in [0.5, 0.6) is 5.75 Å². The van der Waals surface area contributed by atoms with E-state index in [1.165, 1.54) is 23.5 Å². The third-order valence-electron chi connectivity index (χ3n) is 6.65. The highest BCUT2D eigenvalue weighted by Gasteiger charge is 2.38. The van der Waals surface area contributed by atoms with Crippen LogP contribution in [0.2, 0.25) is 0 Å². The van der Waals surface area contributed by atoms with E-state index in [-0.39, 0.29) is 30.6 Å². The van der Waals surface area contributed by atoms with E-state index in [0.29, 0.717) is 17.4 Å². The molecule has 1 unspecified atom stereocenters. The number of anilines is 2. The minimum atomic E-state index is -0.493. The van der Waals surface area contributed by atoms with Gasteiger partial charge in [-0.25, -0.2) is 9.37 Å². The maximum Gasteiger partial charge on any atom is 0.234 e. The molecule has 10 heteroatoms. The van der Waals surface area contributed by atoms with Crippen molar-refractivity contribution in [2.24, 2.45) is 5.92 Å². The lowest BCUT2D eigenvalue weighted by molar-refractivity contribution is -0.124. The molecule has 2 fully saturated rings. The van der Waals surface area contributed by atoms with Gasteiger partial charge in [-0.15, -0.1) is 0 Å². The number of nitrogens with zero attached hydrogens (tertiary/aromatic N) is 4. The van der Waals surface area contributed by atoms with Gasteiger partial charge < -0.3 is 14.4 Å². The van der Waals surface area contributed by atoms with Crippen LogP contribution in [0.3, 0.4) is 0 Å². The number of amides is 2. The molecule has 3 heterocycles. The number of methoxy groups -OCH3 is 1. The molecule has 2 saturated heterocycles. The summed E-state index contributed by atoms with van der Waals surface area (Å²) in [7, 11) is 1.62. The first-order chi connectivity index (χ1) is 17.5. The summed E-state index contributed by atoms with van der Waals surface area (Å²) in [6.45, 7) is 4.86. The molecule has 2 aromatic carbocycles. The second-order valence-electron chi connectivity index (χ2n) is 9.01. The first kappa shape index (κ1) is 24.6. The van der Waals surface area contributed by atoms with Crippen LogP contribution in [0.15, 0.2) is 42.5 Å². The molecular weight excluding hydrogens is 483 g/mol. The lowest BCUT2D eigenvalue weighted by Gasteiger charge is -2.28. The van der Waals surface area contributed by atoms with Gasteiger partial charge in [0.05, 0.1) is 36.5 Å². The van der Waals surface area contributed by atoms with Crippen molar-refractivity contribution in [2.75, 3.05) is 62.8 Å². The molecule has 0 aliphatic carbocycles. The van der Waals surface area contributed by atoms with Crippen molar-refractivity contribution >= 4 is 44.2 Å². The molecule has 0 N–H and O–H groups in total. The van der Waals surface area contributed by atoms with Crippen molar-refractivity contribution in [1.82, 2.24) is 9.88 Å². The highest BCUT2D eigenvalue weighted by atomic mass is 32.1. The minimum Gasteiger partial charge on any atom is -0.497 e. The van der Waals surface area contributed by atoms with Crippen LogP contribution in [-0.2, 0) is 14.3 Å². The highest BCUT2D eigenvalue weighted by Crippen LogP contribution is 2.34. The van der Waals surface area contributed by atoms with E-state index >= 15 is 0 Å². The number of fused-ring (bicyclic) bond motifs is 1. The lowest BCUT2D eigenvalue weighted by Crippen LogP contribution is -2.41. The zero-order chi connectivity index (χ0) is 25.1. The number of hydrogen-bond donors (Lipinski definition) is 0. The number of thiazole rings is 1. The average molecular weight is 513 g/mol. The quantitative estimate of drug-likeness (QED) is 0.460. The van der Waals surface area contributed by atoms with Gasteiger partial charge in [0.1, 0.15) is 11.6 Å². The van der Waals surface area contributed by atoms with Gasteiger partial charge in [0.15, 0.2) is 5.13 Å². The van der Waals surface area contributed by atoms with E-state index in [1.807, 2.05) is 18.2 Å². The van der Waals surface area contributed by atoms with Gasteiger partial charge in [-0.2, -0.15) is 0 Å². The number of halogens is 1. The monoisotopic (exact) mass is 512 g/mol. The molecule has 0 saturated carbocycles. The second-order valence-corrected chi connectivity index (χ2v) is 10.0. The van der Waals surface area contributed by atoms with Crippen molar-refractivity contribution in [3.63, 3.8) is 0 Å². The van der Waals surface area contributed by atoms with E-state index < -0.39 is 5.92 Å². The Kier molecular flexibility index (Phi) is 7.45. The molecule has 0 bridgehead atoms. The zero-order valence-electron chi connectivity index (χ0n) is 20.2. The molecule has 0 radical (unpaired) electrons. The Morgan fingerprint density at radius 2 is 2.00 bits per heavy atom. The first-order valence-electron chi connectivity index (χ1n) is 12.1. The number of rotatable bonds is 8. The molecule has 36 heavy (non-hydrogen) atoms. The molecule has 2 amide bonds. The van der Waals surface area contributed by atoms with Gasteiger partial charge in [-0.05, 0) is 48.9 Å². The fourth-order valence-corrected chi connectivity index (χ4v) is 5.70. The number of carbonyl (C=O) groups is 2. The van der Waals surface area contributed by atoms with Crippen molar-refractivity contribution in [2.45, 2.75) is 12.8 Å². The van der Waals surface area contributed by atoms with Crippen LogP contribution < -0.4 is 14.5 Å². The number of morpholine rings is 1. The molecule has 5 rings (SSSR count). The number of ether oxygens (including phenoxy) is 2. The Morgan fingerprint density at radius 3 is 2.75 bits per heavy atom. The first-order valence-corrected chi connectivity index (χ1v) is 13.0.